The Kier molecular flexibility index (Phi) is 2.29. The summed E-state index contributed by atoms with van der Waals surface area (Å²) in [6, 6.07) is 0.286. The standard InChI is InChI=1S/C11H13N5O/c1-15(8-4-13-5-8)11(17)9-6-14-16-3-2-12-7-10(9)16/h2-3,6-8,13H,4-5H2,1H3. The molecule has 0 aliphatic carbocycles. The fourth-order valence-electron chi connectivity index (χ4n) is 1.90. The van der Waals surface area contributed by atoms with E-state index in [1.807, 2.05) is 7.05 Å². The Bertz CT molecular complexity index is 560. The van der Waals surface area contributed by atoms with E-state index in [0.717, 1.165) is 18.6 Å². The van der Waals surface area contributed by atoms with Crippen LogP contribution in [-0.2, 0) is 0 Å². The summed E-state index contributed by atoms with van der Waals surface area (Å²) in [5.74, 6) is -0.000463. The van der Waals surface area contributed by atoms with Crippen LogP contribution in [0.3, 0.4) is 0 Å². The second-order valence-electron chi connectivity index (χ2n) is 4.19. The number of likely N-dealkylation sites (N-methyl/N-ethyl adjacent to an activating group) is 1. The van der Waals surface area contributed by atoms with E-state index in [-0.39, 0.29) is 11.9 Å². The van der Waals surface area contributed by atoms with E-state index in [1.54, 1.807) is 34.2 Å². The van der Waals surface area contributed by atoms with Gasteiger partial charge in [-0.05, 0) is 0 Å². The highest BCUT2D eigenvalue weighted by Gasteiger charge is 2.27. The maximum Gasteiger partial charge on any atom is 0.257 e. The lowest BCUT2D eigenvalue weighted by molar-refractivity contribution is 0.0683. The fraction of sp³-hybridized carbons (Fsp3) is 0.364. The van der Waals surface area contributed by atoms with Crippen LogP contribution in [0.15, 0.2) is 24.8 Å². The number of fused-ring (bicyclic) bond motifs is 1. The Morgan fingerprint density at radius 2 is 2.35 bits per heavy atom. The van der Waals surface area contributed by atoms with Crippen LogP contribution in [0, 0.1) is 0 Å². The van der Waals surface area contributed by atoms with Crippen molar-refractivity contribution in [2.75, 3.05) is 20.1 Å². The first-order valence-electron chi connectivity index (χ1n) is 5.52. The predicted molar refractivity (Wildman–Crippen MR) is 61.7 cm³/mol. The molecule has 3 rings (SSSR count). The number of nitrogens with zero attached hydrogens (tertiary/aromatic N) is 4. The second-order valence-corrected chi connectivity index (χ2v) is 4.19. The number of hydrogen-bond acceptors (Lipinski definition) is 4. The highest BCUT2D eigenvalue weighted by atomic mass is 16.2. The molecule has 2 aromatic heterocycles. The van der Waals surface area contributed by atoms with Crippen LogP contribution in [0.25, 0.3) is 5.52 Å². The molecule has 0 bridgehead atoms. The van der Waals surface area contributed by atoms with Gasteiger partial charge in [0, 0.05) is 32.5 Å². The largest absolute Gasteiger partial charge is 0.336 e. The van der Waals surface area contributed by atoms with Crippen molar-refractivity contribution < 1.29 is 4.79 Å². The molecule has 1 saturated heterocycles. The lowest BCUT2D eigenvalue weighted by Gasteiger charge is -2.35. The van der Waals surface area contributed by atoms with Gasteiger partial charge in [0.2, 0.25) is 0 Å². The normalized spacial score (nSPS) is 15.8. The van der Waals surface area contributed by atoms with Crippen molar-refractivity contribution in [1.29, 1.82) is 0 Å². The van der Waals surface area contributed by atoms with Gasteiger partial charge in [0.25, 0.3) is 5.91 Å². The molecule has 0 unspecified atom stereocenters. The van der Waals surface area contributed by atoms with Gasteiger partial charge in [0.1, 0.15) is 0 Å². The van der Waals surface area contributed by atoms with Crippen molar-refractivity contribution in [3.8, 4) is 0 Å². The molecule has 0 atom stereocenters. The Morgan fingerprint density at radius 3 is 3.06 bits per heavy atom. The quantitative estimate of drug-likeness (QED) is 0.775. The second kappa shape index (κ2) is 3.81. The van der Waals surface area contributed by atoms with Gasteiger partial charge in [-0.2, -0.15) is 5.10 Å². The number of carbonyl (C=O) groups is 1. The molecular weight excluding hydrogens is 218 g/mol. The summed E-state index contributed by atoms with van der Waals surface area (Å²) in [6.45, 7) is 1.72. The molecule has 1 N–H and O–H groups in total. The van der Waals surface area contributed by atoms with E-state index in [0.29, 0.717) is 5.56 Å². The monoisotopic (exact) mass is 231 g/mol. The maximum absolute atomic E-state index is 12.3. The molecule has 1 amide bonds. The molecule has 0 aromatic carbocycles. The average molecular weight is 231 g/mol. The Labute approximate surface area is 98.2 Å². The van der Waals surface area contributed by atoms with Crippen LogP contribution < -0.4 is 5.32 Å². The van der Waals surface area contributed by atoms with Crippen LogP contribution in [0.5, 0.6) is 0 Å². The summed E-state index contributed by atoms with van der Waals surface area (Å²) < 4.78 is 1.66. The van der Waals surface area contributed by atoms with Gasteiger partial charge in [0.05, 0.1) is 29.5 Å². The third-order valence-corrected chi connectivity index (χ3v) is 3.18. The number of rotatable bonds is 2. The molecular formula is C11H13N5O. The minimum absolute atomic E-state index is 0.000463. The van der Waals surface area contributed by atoms with E-state index in [1.165, 1.54) is 0 Å². The van der Waals surface area contributed by atoms with Gasteiger partial charge in [-0.15, -0.1) is 0 Å². The summed E-state index contributed by atoms with van der Waals surface area (Å²) >= 11 is 0. The summed E-state index contributed by atoms with van der Waals surface area (Å²) in [7, 11) is 1.83. The van der Waals surface area contributed by atoms with E-state index in [4.69, 9.17) is 0 Å². The van der Waals surface area contributed by atoms with Crippen molar-refractivity contribution >= 4 is 11.4 Å². The SMILES string of the molecule is CN(C(=O)c1cnn2ccncc12)C1CNC1. The zero-order chi connectivity index (χ0) is 11.8. The van der Waals surface area contributed by atoms with Crippen molar-refractivity contribution in [2.24, 2.45) is 0 Å². The molecule has 88 valence electrons. The van der Waals surface area contributed by atoms with Crippen LogP contribution >= 0.6 is 0 Å². The van der Waals surface area contributed by atoms with Crippen molar-refractivity contribution in [1.82, 2.24) is 24.8 Å². The molecule has 0 saturated carbocycles. The van der Waals surface area contributed by atoms with Gasteiger partial charge in [-0.3, -0.25) is 9.78 Å². The molecule has 0 spiro atoms. The lowest BCUT2D eigenvalue weighted by atomic mass is 10.1. The third-order valence-electron chi connectivity index (χ3n) is 3.18. The van der Waals surface area contributed by atoms with Crippen molar-refractivity contribution in [3.05, 3.63) is 30.4 Å². The molecule has 1 aliphatic heterocycles. The van der Waals surface area contributed by atoms with E-state index < -0.39 is 0 Å². The van der Waals surface area contributed by atoms with Crippen molar-refractivity contribution in [3.63, 3.8) is 0 Å². The van der Waals surface area contributed by atoms with Crippen LogP contribution in [0.1, 0.15) is 10.4 Å². The summed E-state index contributed by atoms with van der Waals surface area (Å²) in [4.78, 5) is 18.1. The first-order chi connectivity index (χ1) is 8.27. The molecule has 3 heterocycles. The Morgan fingerprint density at radius 1 is 1.53 bits per heavy atom. The first kappa shape index (κ1) is 10.2. The highest BCUT2D eigenvalue weighted by Crippen LogP contribution is 2.13. The van der Waals surface area contributed by atoms with Gasteiger partial charge in [0.15, 0.2) is 0 Å². The number of amides is 1. The molecule has 6 heteroatoms. The van der Waals surface area contributed by atoms with Crippen LogP contribution in [0.2, 0.25) is 0 Å². The van der Waals surface area contributed by atoms with Gasteiger partial charge >= 0.3 is 0 Å². The maximum atomic E-state index is 12.3. The molecule has 6 nitrogen and oxygen atoms in total. The van der Waals surface area contributed by atoms with Crippen LogP contribution in [-0.4, -0.2) is 51.6 Å². The Hall–Kier alpha value is -1.95. The van der Waals surface area contributed by atoms with Gasteiger partial charge < -0.3 is 10.2 Å². The van der Waals surface area contributed by atoms with E-state index in [9.17, 15) is 4.79 Å². The van der Waals surface area contributed by atoms with Crippen molar-refractivity contribution in [2.45, 2.75) is 6.04 Å². The van der Waals surface area contributed by atoms with Crippen LogP contribution in [0.4, 0.5) is 0 Å². The lowest BCUT2D eigenvalue weighted by Crippen LogP contribution is -2.57. The first-order valence-corrected chi connectivity index (χ1v) is 5.52. The summed E-state index contributed by atoms with van der Waals surface area (Å²) in [5.41, 5.74) is 1.35. The minimum Gasteiger partial charge on any atom is -0.336 e. The number of carbonyl (C=O) groups excluding carboxylic acids is 1. The summed E-state index contributed by atoms with van der Waals surface area (Å²) in [6.07, 6.45) is 6.64. The average Bonchev–Trinajstić information content (AvgIpc) is 2.69. The highest BCUT2D eigenvalue weighted by molar-refractivity contribution is 6.00. The molecule has 2 aromatic rings. The topological polar surface area (TPSA) is 62.5 Å². The Balaban J connectivity index is 1.95. The van der Waals surface area contributed by atoms with Gasteiger partial charge in [-0.1, -0.05) is 0 Å². The number of aromatic nitrogens is 3. The van der Waals surface area contributed by atoms with Gasteiger partial charge in [-0.25, -0.2) is 4.52 Å². The summed E-state index contributed by atoms with van der Waals surface area (Å²) in [5, 5.41) is 7.29. The molecule has 1 fully saturated rings. The fourth-order valence-corrected chi connectivity index (χ4v) is 1.90. The number of nitrogens with one attached hydrogen (secondary N) is 1. The third kappa shape index (κ3) is 1.57. The minimum atomic E-state index is -0.000463. The smallest absolute Gasteiger partial charge is 0.257 e. The number of hydrogen-bond donors (Lipinski definition) is 1. The zero-order valence-electron chi connectivity index (χ0n) is 9.50. The van der Waals surface area contributed by atoms with E-state index >= 15 is 0 Å². The molecule has 1 aliphatic rings. The molecule has 17 heavy (non-hydrogen) atoms. The zero-order valence-corrected chi connectivity index (χ0v) is 9.50. The molecule has 0 radical (unpaired) electrons. The predicted octanol–water partition coefficient (Wildman–Crippen LogP) is -0.227. The van der Waals surface area contributed by atoms with E-state index in [2.05, 4.69) is 15.4 Å².